The van der Waals surface area contributed by atoms with Gasteiger partial charge in [0.15, 0.2) is 0 Å². The number of hydrogen-bond acceptors (Lipinski definition) is 4. The summed E-state index contributed by atoms with van der Waals surface area (Å²) in [4.78, 5) is 10.3. The number of benzene rings is 10. The third-order valence-electron chi connectivity index (χ3n) is 12.8. The van der Waals surface area contributed by atoms with E-state index in [-0.39, 0.29) is 0 Å². The van der Waals surface area contributed by atoms with E-state index in [2.05, 4.69) is 233 Å². The van der Waals surface area contributed by atoms with Gasteiger partial charge < -0.3 is 14.5 Å². The molecule has 1 aliphatic rings. The number of rotatable bonds is 6. The van der Waals surface area contributed by atoms with Crippen LogP contribution in [0.1, 0.15) is 0 Å². The molecule has 0 fully saturated rings. The van der Waals surface area contributed by atoms with Crippen molar-refractivity contribution in [3.05, 3.63) is 218 Å². The molecule has 5 heteroatoms. The molecular formula is C58H38N4O. The lowest BCUT2D eigenvalue weighted by Gasteiger charge is -2.23. The highest BCUT2D eigenvalue weighted by atomic mass is 16.5. The van der Waals surface area contributed by atoms with Crippen LogP contribution < -0.4 is 14.5 Å². The van der Waals surface area contributed by atoms with Crippen LogP contribution in [0.4, 0.5) is 22.7 Å². The van der Waals surface area contributed by atoms with Gasteiger partial charge in [-0.3, -0.25) is 4.57 Å². The maximum atomic E-state index is 7.02. The fraction of sp³-hybridized carbons (Fsp3) is 0.0172. The fourth-order valence-corrected chi connectivity index (χ4v) is 9.93. The Labute approximate surface area is 363 Å². The summed E-state index contributed by atoms with van der Waals surface area (Å²) >= 11 is 0. The molecule has 0 spiro atoms. The summed E-state index contributed by atoms with van der Waals surface area (Å²) in [5.74, 6) is 2.40. The van der Waals surface area contributed by atoms with Crippen LogP contribution >= 0.6 is 0 Å². The van der Waals surface area contributed by atoms with E-state index < -0.39 is 0 Å². The molecule has 2 aromatic heterocycles. The van der Waals surface area contributed by atoms with Crippen LogP contribution in [0.25, 0.3) is 82.0 Å². The first-order chi connectivity index (χ1) is 31.2. The Morgan fingerprint density at radius 3 is 1.76 bits per heavy atom. The number of ether oxygens (including phenoxy) is 1. The monoisotopic (exact) mass is 806 g/mol. The molecule has 0 N–H and O–H groups in total. The molecule has 0 aliphatic carbocycles. The van der Waals surface area contributed by atoms with Crippen LogP contribution in [-0.4, -0.2) is 16.2 Å². The zero-order chi connectivity index (χ0) is 41.4. The minimum atomic E-state index is 0.672. The number of fused-ring (bicyclic) bond motifs is 11. The van der Waals surface area contributed by atoms with Crippen molar-refractivity contribution in [2.75, 3.05) is 16.5 Å². The van der Waals surface area contributed by atoms with Crippen molar-refractivity contribution in [1.82, 2.24) is 9.55 Å². The van der Waals surface area contributed by atoms with Crippen molar-refractivity contribution < 1.29 is 4.74 Å². The molecule has 13 rings (SSSR count). The summed E-state index contributed by atoms with van der Waals surface area (Å²) in [6.45, 7) is 0.672. The van der Waals surface area contributed by atoms with E-state index in [4.69, 9.17) is 9.72 Å². The van der Waals surface area contributed by atoms with E-state index in [9.17, 15) is 0 Å². The summed E-state index contributed by atoms with van der Waals surface area (Å²) in [6.07, 6.45) is 0. The normalized spacial score (nSPS) is 12.6. The topological polar surface area (TPSA) is 33.5 Å². The lowest BCUT2D eigenvalue weighted by molar-refractivity contribution is 0.483. The Balaban J connectivity index is 0.998. The molecule has 12 aromatic rings. The first-order valence-electron chi connectivity index (χ1n) is 21.5. The second-order valence-corrected chi connectivity index (χ2v) is 16.4. The number of nitrogens with zero attached hydrogens (tertiary/aromatic N) is 4. The number of aromatic nitrogens is 2. The summed E-state index contributed by atoms with van der Waals surface area (Å²) in [5, 5.41) is 10.6. The quantitative estimate of drug-likeness (QED) is 0.157. The minimum Gasteiger partial charge on any atom is -0.457 e. The Hall–Kier alpha value is -8.41. The standard InChI is InChI=1S/C58H38N4O/c1-3-15-38(16-4-1)41-33-43(61-37-60(42-19-5-2-6-20-42)53-25-13-14-26-54(53)61)35-45(34-41)63-44-29-31-49-48-23-11-12-24-52(48)62(55(49)36-44)58-50-30-27-39-17-7-9-21-46(39)56(50)57-47-22-10-8-18-40(47)28-32-51(57)59-58/h1-36H,37H2. The van der Waals surface area contributed by atoms with Crippen LogP contribution in [0, 0.1) is 0 Å². The van der Waals surface area contributed by atoms with Gasteiger partial charge in [0.1, 0.15) is 24.0 Å². The van der Waals surface area contributed by atoms with Crippen LogP contribution in [0.5, 0.6) is 11.5 Å². The molecule has 5 nitrogen and oxygen atoms in total. The lowest BCUT2D eigenvalue weighted by atomic mass is 9.95. The van der Waals surface area contributed by atoms with Crippen LogP contribution in [0.15, 0.2) is 218 Å². The van der Waals surface area contributed by atoms with E-state index in [1.54, 1.807) is 0 Å². The maximum absolute atomic E-state index is 7.02. The van der Waals surface area contributed by atoms with E-state index in [1.807, 2.05) is 0 Å². The Kier molecular flexibility index (Phi) is 7.90. The molecule has 0 saturated heterocycles. The fourth-order valence-electron chi connectivity index (χ4n) is 9.93. The predicted molar refractivity (Wildman–Crippen MR) is 263 cm³/mol. The van der Waals surface area contributed by atoms with Gasteiger partial charge in [-0.05, 0) is 99.4 Å². The van der Waals surface area contributed by atoms with Gasteiger partial charge in [0, 0.05) is 50.4 Å². The lowest BCUT2D eigenvalue weighted by Crippen LogP contribution is -2.23. The summed E-state index contributed by atoms with van der Waals surface area (Å²) < 4.78 is 9.37. The largest absolute Gasteiger partial charge is 0.457 e. The molecule has 1 aliphatic heterocycles. The second kappa shape index (κ2) is 14.1. The number of hydrogen-bond donors (Lipinski definition) is 0. The summed E-state index contributed by atoms with van der Waals surface area (Å²) in [5.41, 5.74) is 9.83. The van der Waals surface area contributed by atoms with Crippen molar-refractivity contribution in [2.24, 2.45) is 0 Å². The molecule has 0 saturated carbocycles. The van der Waals surface area contributed by atoms with Crippen molar-refractivity contribution in [2.45, 2.75) is 0 Å². The zero-order valence-corrected chi connectivity index (χ0v) is 34.2. The van der Waals surface area contributed by atoms with Gasteiger partial charge in [0.05, 0.1) is 27.9 Å². The zero-order valence-electron chi connectivity index (χ0n) is 34.2. The third kappa shape index (κ3) is 5.67. The summed E-state index contributed by atoms with van der Waals surface area (Å²) in [7, 11) is 0. The van der Waals surface area contributed by atoms with Crippen molar-refractivity contribution in [3.63, 3.8) is 0 Å². The van der Waals surface area contributed by atoms with Gasteiger partial charge in [-0.1, -0.05) is 140 Å². The Bertz CT molecular complexity index is 3770. The third-order valence-corrected chi connectivity index (χ3v) is 12.8. The predicted octanol–water partition coefficient (Wildman–Crippen LogP) is 15.5. The minimum absolute atomic E-state index is 0.672. The van der Waals surface area contributed by atoms with Crippen molar-refractivity contribution in [1.29, 1.82) is 0 Å². The molecule has 0 bridgehead atoms. The van der Waals surface area contributed by atoms with Crippen molar-refractivity contribution >= 4 is 87.8 Å². The van der Waals surface area contributed by atoms with E-state index >= 15 is 0 Å². The van der Waals surface area contributed by atoms with Gasteiger partial charge in [0.2, 0.25) is 0 Å². The molecule has 0 amide bonds. The van der Waals surface area contributed by atoms with Gasteiger partial charge >= 0.3 is 0 Å². The molecule has 0 unspecified atom stereocenters. The van der Waals surface area contributed by atoms with Gasteiger partial charge in [-0.15, -0.1) is 0 Å². The van der Waals surface area contributed by atoms with E-state index in [0.717, 1.165) is 78.2 Å². The number of anilines is 4. The molecule has 296 valence electrons. The molecule has 63 heavy (non-hydrogen) atoms. The number of para-hydroxylation sites is 4. The molecule has 0 radical (unpaired) electrons. The van der Waals surface area contributed by atoms with Gasteiger partial charge in [-0.25, -0.2) is 4.98 Å². The maximum Gasteiger partial charge on any atom is 0.146 e. The molecule has 10 aromatic carbocycles. The number of pyridine rings is 1. The highest BCUT2D eigenvalue weighted by Crippen LogP contribution is 2.47. The Morgan fingerprint density at radius 2 is 0.984 bits per heavy atom. The summed E-state index contributed by atoms with van der Waals surface area (Å²) in [6, 6.07) is 77.8. The van der Waals surface area contributed by atoms with Crippen LogP contribution in [-0.2, 0) is 0 Å². The average molecular weight is 807 g/mol. The highest BCUT2D eigenvalue weighted by molar-refractivity contribution is 6.28. The second-order valence-electron chi connectivity index (χ2n) is 16.4. The van der Waals surface area contributed by atoms with Crippen LogP contribution in [0.3, 0.4) is 0 Å². The highest BCUT2D eigenvalue weighted by Gasteiger charge is 2.28. The molecule has 3 heterocycles. The molecule has 0 atom stereocenters. The first-order valence-corrected chi connectivity index (χ1v) is 21.5. The Morgan fingerprint density at radius 1 is 0.381 bits per heavy atom. The van der Waals surface area contributed by atoms with E-state index in [1.165, 1.54) is 38.0 Å². The van der Waals surface area contributed by atoms with Crippen molar-refractivity contribution in [3.8, 4) is 28.4 Å². The molecular weight excluding hydrogens is 769 g/mol. The van der Waals surface area contributed by atoms with Crippen LogP contribution in [0.2, 0.25) is 0 Å². The van der Waals surface area contributed by atoms with Gasteiger partial charge in [0.25, 0.3) is 0 Å². The average Bonchev–Trinajstić information content (AvgIpc) is 3.90. The SMILES string of the molecule is c1ccc(-c2cc(Oc3ccc4c5ccccc5n(-c5nc6ccc7ccccc7c6c6c5ccc5ccccc56)c4c3)cc(N3CN(c4ccccc4)c4ccccc43)c2)cc1. The first kappa shape index (κ1) is 35.4. The smallest absolute Gasteiger partial charge is 0.146 e. The van der Waals surface area contributed by atoms with Gasteiger partial charge in [-0.2, -0.15) is 0 Å². The van der Waals surface area contributed by atoms with E-state index in [0.29, 0.717) is 6.67 Å².